The predicted molar refractivity (Wildman–Crippen MR) is 119 cm³/mol. The Labute approximate surface area is 200 Å². The Morgan fingerprint density at radius 2 is 1.97 bits per heavy atom. The van der Waals surface area contributed by atoms with Crippen molar-refractivity contribution in [3.05, 3.63) is 41.0 Å². The van der Waals surface area contributed by atoms with Crippen LogP contribution in [0.5, 0.6) is 0 Å². The first-order chi connectivity index (χ1) is 16.6. The number of ether oxygens (including phenoxy) is 1. The number of benzene rings is 1. The van der Waals surface area contributed by atoms with Crippen molar-refractivity contribution in [1.82, 2.24) is 15.1 Å². The molecule has 4 bridgehead atoms. The molecule has 0 radical (unpaired) electrons. The van der Waals surface area contributed by atoms with E-state index >= 15 is 0 Å². The average molecular weight is 495 g/mol. The number of nitrogens with zero attached hydrogens (tertiary/aromatic N) is 2. The lowest BCUT2D eigenvalue weighted by Gasteiger charge is -2.25. The molecular formula is C24H28F3N3O5. The van der Waals surface area contributed by atoms with Gasteiger partial charge in [-0.1, -0.05) is 36.8 Å². The molecule has 0 spiro atoms. The molecule has 0 aliphatic carbocycles. The van der Waals surface area contributed by atoms with E-state index in [0.717, 1.165) is 21.6 Å². The van der Waals surface area contributed by atoms with E-state index in [9.17, 15) is 32.7 Å². The predicted octanol–water partition coefficient (Wildman–Crippen LogP) is 3.30. The maximum atomic E-state index is 13.5. The number of fused-ring (bicyclic) bond motifs is 3. The minimum atomic E-state index is -4.54. The van der Waals surface area contributed by atoms with E-state index in [0.29, 0.717) is 32.4 Å². The third-order valence-electron chi connectivity index (χ3n) is 6.72. The van der Waals surface area contributed by atoms with Crippen LogP contribution in [0.4, 0.5) is 18.0 Å². The highest BCUT2D eigenvalue weighted by atomic mass is 19.4. The topological polar surface area (TPSA) is 99.2 Å². The normalized spacial score (nSPS) is 27.1. The highest BCUT2D eigenvalue weighted by molar-refractivity contribution is 5.85. The van der Waals surface area contributed by atoms with Gasteiger partial charge >= 0.3 is 18.2 Å². The summed E-state index contributed by atoms with van der Waals surface area (Å²) in [5.74, 6) is -2.07. The van der Waals surface area contributed by atoms with Gasteiger partial charge in [0.25, 0.3) is 0 Å². The first kappa shape index (κ1) is 25.0. The molecule has 35 heavy (non-hydrogen) atoms. The maximum absolute atomic E-state index is 13.5. The number of nitrogens with one attached hydrogen (secondary N) is 1. The van der Waals surface area contributed by atoms with Crippen molar-refractivity contribution in [3.8, 4) is 0 Å². The van der Waals surface area contributed by atoms with Crippen molar-refractivity contribution in [1.29, 1.82) is 0 Å². The zero-order valence-electron chi connectivity index (χ0n) is 19.1. The molecule has 1 fully saturated rings. The summed E-state index contributed by atoms with van der Waals surface area (Å²) in [5.41, 5.74) is 2.89. The molecular weight excluding hydrogens is 467 g/mol. The fourth-order valence-corrected chi connectivity index (χ4v) is 4.86. The van der Waals surface area contributed by atoms with E-state index in [2.05, 4.69) is 5.32 Å². The van der Waals surface area contributed by atoms with E-state index < -0.39 is 48.9 Å². The number of hydrogen-bond acceptors (Lipinski definition) is 5. The van der Waals surface area contributed by atoms with E-state index in [4.69, 9.17) is 4.74 Å². The molecule has 3 aliphatic rings. The van der Waals surface area contributed by atoms with Gasteiger partial charge in [-0.05, 0) is 36.0 Å². The SMILES string of the molecule is O=C(O)[C@@H]1C[C@@H]2CN1C(=O)CNC(C(F)(F)F)CCCC/C=C/c1cccc3c1CN(C3)C(=O)O2. The summed E-state index contributed by atoms with van der Waals surface area (Å²) in [6.45, 7) is -0.146. The Morgan fingerprint density at radius 3 is 2.71 bits per heavy atom. The highest BCUT2D eigenvalue weighted by Gasteiger charge is 2.43. The van der Waals surface area contributed by atoms with Gasteiger partial charge < -0.3 is 14.7 Å². The Kier molecular flexibility index (Phi) is 7.34. The Bertz CT molecular complexity index is 1010. The third kappa shape index (κ3) is 5.77. The smallest absolute Gasteiger partial charge is 0.410 e. The van der Waals surface area contributed by atoms with Crippen LogP contribution in [0.25, 0.3) is 6.08 Å². The summed E-state index contributed by atoms with van der Waals surface area (Å²) < 4.78 is 46.0. The second kappa shape index (κ2) is 10.3. The number of allylic oxidation sites excluding steroid dienone is 1. The number of carboxylic acid groups (broad SMARTS) is 1. The average Bonchev–Trinajstić information content (AvgIpc) is 3.41. The summed E-state index contributed by atoms with van der Waals surface area (Å²) in [5, 5.41) is 11.8. The van der Waals surface area contributed by atoms with Crippen molar-refractivity contribution < 1.29 is 37.4 Å². The van der Waals surface area contributed by atoms with Gasteiger partial charge in [0.15, 0.2) is 0 Å². The molecule has 2 amide bonds. The quantitative estimate of drug-likeness (QED) is 0.621. The molecule has 1 saturated heterocycles. The minimum absolute atomic E-state index is 0.121. The standard InChI is InChI=1S/C24H28F3N3O5/c25-24(26,27)20-9-4-2-1-3-6-15-7-5-8-16-12-29(14-18(15)16)23(34)35-17-10-19(22(32)33)30(13-17)21(31)11-28-20/h3,5-8,17,19-20,28H,1-2,4,9-14H2,(H,32,33)/b6-3+/t17-,19+,20?/m1/s1. The van der Waals surface area contributed by atoms with Gasteiger partial charge in [-0.3, -0.25) is 15.0 Å². The molecule has 3 heterocycles. The van der Waals surface area contributed by atoms with Crippen LogP contribution in [0.1, 0.15) is 48.8 Å². The number of carbonyl (C=O) groups excluding carboxylic acids is 2. The fraction of sp³-hybridized carbons (Fsp3) is 0.542. The summed E-state index contributed by atoms with van der Waals surface area (Å²) >= 11 is 0. The van der Waals surface area contributed by atoms with Gasteiger partial charge in [0, 0.05) is 13.0 Å². The van der Waals surface area contributed by atoms with Crippen LogP contribution in [0.2, 0.25) is 0 Å². The van der Waals surface area contributed by atoms with Crippen LogP contribution in [-0.4, -0.2) is 70.3 Å². The molecule has 2 N–H and O–H groups in total. The minimum Gasteiger partial charge on any atom is -0.480 e. The zero-order valence-corrected chi connectivity index (χ0v) is 19.1. The number of aliphatic carboxylic acids is 1. The molecule has 3 aliphatic heterocycles. The van der Waals surface area contributed by atoms with Crippen molar-refractivity contribution in [2.24, 2.45) is 0 Å². The van der Waals surface area contributed by atoms with Crippen LogP contribution in [0, 0.1) is 0 Å². The van der Waals surface area contributed by atoms with Gasteiger partial charge in [0.2, 0.25) is 5.91 Å². The van der Waals surface area contributed by atoms with Gasteiger partial charge in [0.1, 0.15) is 18.2 Å². The summed E-state index contributed by atoms with van der Waals surface area (Å²) in [6.07, 6.45) is -1.05. The lowest BCUT2D eigenvalue weighted by molar-refractivity contribution is -0.160. The fourth-order valence-electron chi connectivity index (χ4n) is 4.86. The number of halogens is 3. The first-order valence-corrected chi connectivity index (χ1v) is 11.7. The van der Waals surface area contributed by atoms with Gasteiger partial charge in [-0.2, -0.15) is 13.2 Å². The van der Waals surface area contributed by atoms with E-state index in [1.165, 1.54) is 4.90 Å². The highest BCUT2D eigenvalue weighted by Crippen LogP contribution is 2.30. The second-order valence-corrected chi connectivity index (χ2v) is 9.14. The molecule has 0 saturated carbocycles. The van der Waals surface area contributed by atoms with Crippen LogP contribution in [-0.2, 0) is 27.4 Å². The summed E-state index contributed by atoms with van der Waals surface area (Å²) in [7, 11) is 0. The Morgan fingerprint density at radius 1 is 1.17 bits per heavy atom. The van der Waals surface area contributed by atoms with Gasteiger partial charge in [0.05, 0.1) is 19.6 Å². The number of carbonyl (C=O) groups is 3. The molecule has 3 atom stereocenters. The van der Waals surface area contributed by atoms with E-state index in [-0.39, 0.29) is 19.4 Å². The van der Waals surface area contributed by atoms with Gasteiger partial charge in [-0.15, -0.1) is 0 Å². The third-order valence-corrected chi connectivity index (χ3v) is 6.72. The van der Waals surface area contributed by atoms with Crippen LogP contribution >= 0.6 is 0 Å². The molecule has 0 aromatic heterocycles. The lowest BCUT2D eigenvalue weighted by atomic mass is 10.0. The molecule has 11 heteroatoms. The van der Waals surface area contributed by atoms with Crippen molar-refractivity contribution in [2.45, 2.75) is 69.6 Å². The van der Waals surface area contributed by atoms with Crippen molar-refractivity contribution in [2.75, 3.05) is 13.1 Å². The molecule has 8 nitrogen and oxygen atoms in total. The number of rotatable bonds is 1. The first-order valence-electron chi connectivity index (χ1n) is 11.7. The zero-order chi connectivity index (χ0) is 25.2. The van der Waals surface area contributed by atoms with Crippen LogP contribution < -0.4 is 5.32 Å². The van der Waals surface area contributed by atoms with Crippen molar-refractivity contribution >= 4 is 24.0 Å². The monoisotopic (exact) mass is 495 g/mol. The molecule has 1 unspecified atom stereocenters. The maximum Gasteiger partial charge on any atom is 0.410 e. The molecule has 1 aromatic rings. The lowest BCUT2D eigenvalue weighted by Crippen LogP contribution is -2.49. The van der Waals surface area contributed by atoms with E-state index in [1.807, 2.05) is 30.4 Å². The molecule has 190 valence electrons. The second-order valence-electron chi connectivity index (χ2n) is 9.14. The number of amides is 2. The number of carboxylic acids is 1. The van der Waals surface area contributed by atoms with Crippen LogP contribution in [0.15, 0.2) is 24.3 Å². The van der Waals surface area contributed by atoms with Crippen molar-refractivity contribution in [3.63, 3.8) is 0 Å². The van der Waals surface area contributed by atoms with Crippen LogP contribution in [0.3, 0.4) is 0 Å². The Balaban J connectivity index is 1.56. The molecule has 4 rings (SSSR count). The largest absolute Gasteiger partial charge is 0.480 e. The van der Waals surface area contributed by atoms with E-state index in [1.54, 1.807) is 0 Å². The summed E-state index contributed by atoms with van der Waals surface area (Å²) in [4.78, 5) is 39.7. The number of hydrogen-bond donors (Lipinski definition) is 2. The molecule has 1 aromatic carbocycles. The van der Waals surface area contributed by atoms with Gasteiger partial charge in [-0.25, -0.2) is 9.59 Å². The summed E-state index contributed by atoms with van der Waals surface area (Å²) in [6, 6.07) is 2.58. The number of alkyl halides is 3. The Hall–Kier alpha value is -3.08.